The number of nitrogens with one attached hydrogen (secondary N) is 1. The summed E-state index contributed by atoms with van der Waals surface area (Å²) >= 11 is 0. The van der Waals surface area contributed by atoms with Gasteiger partial charge in [0.15, 0.2) is 0 Å². The highest BCUT2D eigenvalue weighted by Crippen LogP contribution is 2.13. The summed E-state index contributed by atoms with van der Waals surface area (Å²) in [5, 5.41) is 3.10. The van der Waals surface area contributed by atoms with E-state index >= 15 is 0 Å². The lowest BCUT2D eigenvalue weighted by Gasteiger charge is -2.17. The molecule has 88 valence electrons. The van der Waals surface area contributed by atoms with Crippen molar-refractivity contribution in [3.8, 4) is 0 Å². The highest BCUT2D eigenvalue weighted by atomic mass is 16.1. The number of hydrogen-bond donors (Lipinski definition) is 1. The van der Waals surface area contributed by atoms with Gasteiger partial charge < -0.3 is 5.32 Å². The molecule has 1 aromatic rings. The first kappa shape index (κ1) is 12.9. The molecular weight excluding hydrogens is 198 g/mol. The first-order valence-electron chi connectivity index (χ1n) is 5.87. The third-order valence-electron chi connectivity index (χ3n) is 2.75. The van der Waals surface area contributed by atoms with Gasteiger partial charge in [0, 0.05) is 18.4 Å². The normalized spacial score (nSPS) is 12.8. The van der Waals surface area contributed by atoms with Crippen LogP contribution < -0.4 is 5.32 Å². The maximum Gasteiger partial charge on any atom is 0.140 e. The molecule has 2 nitrogen and oxygen atoms in total. The van der Waals surface area contributed by atoms with Gasteiger partial charge in [-0.1, -0.05) is 44.2 Å². The summed E-state index contributed by atoms with van der Waals surface area (Å²) in [5.74, 6) is 0.549. The molecule has 16 heavy (non-hydrogen) atoms. The molecule has 1 rings (SSSR count). The number of Topliss-reactive ketones (excluding diaryl/α,β-unsaturated/α-hetero) is 1. The number of rotatable bonds is 6. The molecule has 0 aliphatic heterocycles. The van der Waals surface area contributed by atoms with Gasteiger partial charge in [-0.3, -0.25) is 4.79 Å². The fourth-order valence-electron chi connectivity index (χ4n) is 1.89. The minimum absolute atomic E-state index is 0.0902. The molecule has 0 fully saturated rings. The molecule has 2 heteroatoms. The van der Waals surface area contributed by atoms with Crippen molar-refractivity contribution in [2.24, 2.45) is 11.8 Å². The number of hydrogen-bond acceptors (Lipinski definition) is 2. The average Bonchev–Trinajstić information content (AvgIpc) is 2.29. The van der Waals surface area contributed by atoms with Gasteiger partial charge in [-0.2, -0.15) is 0 Å². The van der Waals surface area contributed by atoms with Crippen LogP contribution in [0.1, 0.15) is 19.4 Å². The Morgan fingerprint density at radius 1 is 1.25 bits per heavy atom. The Morgan fingerprint density at radius 3 is 2.38 bits per heavy atom. The molecule has 1 atom stereocenters. The van der Waals surface area contributed by atoms with Gasteiger partial charge in [0.2, 0.25) is 0 Å². The van der Waals surface area contributed by atoms with E-state index in [1.165, 1.54) is 5.56 Å². The molecule has 0 amide bonds. The van der Waals surface area contributed by atoms with Crippen molar-refractivity contribution in [1.29, 1.82) is 0 Å². The van der Waals surface area contributed by atoms with Crippen LogP contribution in [0, 0.1) is 11.8 Å². The van der Waals surface area contributed by atoms with Crippen LogP contribution >= 0.6 is 0 Å². The molecule has 0 saturated carbocycles. The highest BCUT2D eigenvalue weighted by molar-refractivity contribution is 5.83. The molecule has 0 spiro atoms. The Bertz CT molecular complexity index is 319. The highest BCUT2D eigenvalue weighted by Gasteiger charge is 2.20. The molecule has 1 unspecified atom stereocenters. The molecular formula is C14H21NO. The summed E-state index contributed by atoms with van der Waals surface area (Å²) in [6.07, 6.45) is 0.832. The zero-order valence-electron chi connectivity index (χ0n) is 10.4. The van der Waals surface area contributed by atoms with Crippen molar-refractivity contribution in [3.63, 3.8) is 0 Å². The van der Waals surface area contributed by atoms with E-state index in [0.717, 1.165) is 13.0 Å². The van der Waals surface area contributed by atoms with Gasteiger partial charge >= 0.3 is 0 Å². The fourth-order valence-corrected chi connectivity index (χ4v) is 1.89. The summed E-state index contributed by atoms with van der Waals surface area (Å²) < 4.78 is 0. The number of carbonyl (C=O) groups is 1. The maximum atomic E-state index is 12.0. The van der Waals surface area contributed by atoms with Crippen molar-refractivity contribution in [1.82, 2.24) is 5.32 Å². The van der Waals surface area contributed by atoms with Gasteiger partial charge in [0.05, 0.1) is 0 Å². The molecule has 0 aromatic heterocycles. The average molecular weight is 219 g/mol. The second-order valence-electron chi connectivity index (χ2n) is 4.50. The summed E-state index contributed by atoms with van der Waals surface area (Å²) in [6.45, 7) is 4.69. The Kier molecular flexibility index (Phi) is 5.20. The van der Waals surface area contributed by atoms with E-state index in [9.17, 15) is 4.79 Å². The third-order valence-corrected chi connectivity index (χ3v) is 2.75. The van der Waals surface area contributed by atoms with Crippen molar-refractivity contribution in [2.75, 3.05) is 13.6 Å². The Morgan fingerprint density at radius 2 is 1.88 bits per heavy atom. The standard InChI is InChI=1S/C14H21NO/c1-11(2)14(16)13(10-15-3)9-12-7-5-4-6-8-12/h4-8,11,13,15H,9-10H2,1-3H3. The zero-order valence-corrected chi connectivity index (χ0v) is 10.4. The zero-order chi connectivity index (χ0) is 12.0. The van der Waals surface area contributed by atoms with Gasteiger partial charge in [0.25, 0.3) is 0 Å². The third kappa shape index (κ3) is 3.78. The maximum absolute atomic E-state index is 12.0. The molecule has 0 aliphatic carbocycles. The van der Waals surface area contributed by atoms with E-state index in [-0.39, 0.29) is 11.8 Å². The number of ketones is 1. The van der Waals surface area contributed by atoms with Crippen molar-refractivity contribution < 1.29 is 4.79 Å². The molecule has 1 N–H and O–H groups in total. The van der Waals surface area contributed by atoms with Crippen molar-refractivity contribution >= 4 is 5.78 Å². The first-order chi connectivity index (χ1) is 7.65. The van der Waals surface area contributed by atoms with Gasteiger partial charge in [-0.15, -0.1) is 0 Å². The minimum atomic E-state index is 0.0902. The second-order valence-corrected chi connectivity index (χ2v) is 4.50. The van der Waals surface area contributed by atoms with E-state index in [1.807, 2.05) is 39.1 Å². The molecule has 0 heterocycles. The van der Waals surface area contributed by atoms with E-state index in [1.54, 1.807) is 0 Å². The predicted molar refractivity (Wildman–Crippen MR) is 67.4 cm³/mol. The molecule has 1 aromatic carbocycles. The topological polar surface area (TPSA) is 29.1 Å². The number of carbonyl (C=O) groups excluding carboxylic acids is 1. The van der Waals surface area contributed by atoms with Crippen LogP contribution in [0.3, 0.4) is 0 Å². The smallest absolute Gasteiger partial charge is 0.140 e. The number of benzene rings is 1. The molecule has 0 bridgehead atoms. The van der Waals surface area contributed by atoms with Gasteiger partial charge in [-0.05, 0) is 19.0 Å². The van der Waals surface area contributed by atoms with E-state index in [2.05, 4.69) is 17.4 Å². The van der Waals surface area contributed by atoms with E-state index < -0.39 is 0 Å². The largest absolute Gasteiger partial charge is 0.319 e. The molecule has 0 saturated heterocycles. The SMILES string of the molecule is CNCC(Cc1ccccc1)C(=O)C(C)C. The van der Waals surface area contributed by atoms with Crippen LogP contribution in [0.25, 0.3) is 0 Å². The predicted octanol–water partition coefficient (Wildman–Crippen LogP) is 2.29. The minimum Gasteiger partial charge on any atom is -0.319 e. The van der Waals surface area contributed by atoms with E-state index in [0.29, 0.717) is 5.78 Å². The van der Waals surface area contributed by atoms with Crippen LogP contribution in [0.5, 0.6) is 0 Å². The van der Waals surface area contributed by atoms with Crippen molar-refractivity contribution in [2.45, 2.75) is 20.3 Å². The van der Waals surface area contributed by atoms with Crippen LogP contribution in [0.4, 0.5) is 0 Å². The van der Waals surface area contributed by atoms with E-state index in [4.69, 9.17) is 0 Å². The second kappa shape index (κ2) is 6.44. The van der Waals surface area contributed by atoms with Crippen LogP contribution in [0.15, 0.2) is 30.3 Å². The summed E-state index contributed by atoms with van der Waals surface area (Å²) in [7, 11) is 1.89. The van der Waals surface area contributed by atoms with Gasteiger partial charge in [-0.25, -0.2) is 0 Å². The summed E-state index contributed by atoms with van der Waals surface area (Å²) in [5.41, 5.74) is 1.23. The monoisotopic (exact) mass is 219 g/mol. The first-order valence-corrected chi connectivity index (χ1v) is 5.87. The summed E-state index contributed by atoms with van der Waals surface area (Å²) in [4.78, 5) is 12.0. The Labute approximate surface area is 98.1 Å². The molecule has 0 aliphatic rings. The molecule has 0 radical (unpaired) electrons. The quantitative estimate of drug-likeness (QED) is 0.795. The van der Waals surface area contributed by atoms with Crippen molar-refractivity contribution in [3.05, 3.63) is 35.9 Å². The Hall–Kier alpha value is -1.15. The van der Waals surface area contributed by atoms with Crippen LogP contribution in [0.2, 0.25) is 0 Å². The lowest BCUT2D eigenvalue weighted by atomic mass is 9.89. The Balaban J connectivity index is 2.68. The summed E-state index contributed by atoms with van der Waals surface area (Å²) in [6, 6.07) is 10.2. The lowest BCUT2D eigenvalue weighted by Crippen LogP contribution is -2.30. The van der Waals surface area contributed by atoms with Crippen LogP contribution in [-0.2, 0) is 11.2 Å². The van der Waals surface area contributed by atoms with Gasteiger partial charge in [0.1, 0.15) is 5.78 Å². The van der Waals surface area contributed by atoms with Crippen LogP contribution in [-0.4, -0.2) is 19.4 Å². The fraction of sp³-hybridized carbons (Fsp3) is 0.500. The lowest BCUT2D eigenvalue weighted by molar-refractivity contribution is -0.125.